The zero-order valence-electron chi connectivity index (χ0n) is 20.2. The number of carbonyl (C=O) groups is 2. The number of benzene rings is 1. The van der Waals surface area contributed by atoms with Gasteiger partial charge in [0.05, 0.1) is 19.2 Å². The van der Waals surface area contributed by atoms with Crippen LogP contribution in [-0.2, 0) is 11.3 Å². The maximum absolute atomic E-state index is 14.1. The first kappa shape index (κ1) is 22.3. The van der Waals surface area contributed by atoms with Crippen LogP contribution in [0.15, 0.2) is 24.3 Å². The molecule has 33 heavy (non-hydrogen) atoms. The Kier molecular flexibility index (Phi) is 5.87. The number of fused-ring (bicyclic) bond motifs is 3. The van der Waals surface area contributed by atoms with Crippen LogP contribution in [0.5, 0.6) is 5.75 Å². The van der Waals surface area contributed by atoms with Gasteiger partial charge in [-0.2, -0.15) is 0 Å². The summed E-state index contributed by atoms with van der Waals surface area (Å²) in [5.41, 5.74) is 0.706. The normalized spacial score (nSPS) is 28.6. The lowest BCUT2D eigenvalue weighted by Gasteiger charge is -2.51. The Balaban J connectivity index is 1.58. The lowest BCUT2D eigenvalue weighted by Crippen LogP contribution is -2.68. The number of hydrogen-bond donors (Lipinski definition) is 1. The van der Waals surface area contributed by atoms with E-state index in [9.17, 15) is 9.59 Å². The summed E-state index contributed by atoms with van der Waals surface area (Å²) in [5, 5.41) is 4.36. The number of amides is 2. The average molecular weight is 452 g/mol. The van der Waals surface area contributed by atoms with E-state index in [-0.39, 0.29) is 23.9 Å². The van der Waals surface area contributed by atoms with Gasteiger partial charge in [0.25, 0.3) is 5.91 Å². The molecule has 1 aromatic carbocycles. The molecule has 0 bridgehead atoms. The summed E-state index contributed by atoms with van der Waals surface area (Å²) in [6.07, 6.45) is 10.0. The van der Waals surface area contributed by atoms with Crippen molar-refractivity contribution in [2.24, 2.45) is 5.92 Å². The molecule has 3 atom stereocenters. The third-order valence-electron chi connectivity index (χ3n) is 8.37. The number of nitrogens with one attached hydrogen (secondary N) is 1. The van der Waals surface area contributed by atoms with Crippen molar-refractivity contribution in [2.45, 2.75) is 95.8 Å². The monoisotopic (exact) mass is 451 g/mol. The summed E-state index contributed by atoms with van der Waals surface area (Å²) in [5.74, 6) is 1.13. The van der Waals surface area contributed by atoms with Crippen LogP contribution in [-0.4, -0.2) is 46.0 Å². The van der Waals surface area contributed by atoms with Crippen molar-refractivity contribution in [3.63, 3.8) is 0 Å². The first-order valence-corrected chi connectivity index (χ1v) is 12.7. The van der Waals surface area contributed by atoms with Gasteiger partial charge in [-0.15, -0.1) is 0 Å². The van der Waals surface area contributed by atoms with E-state index in [0.29, 0.717) is 18.2 Å². The molecule has 0 saturated heterocycles. The number of rotatable bonds is 4. The van der Waals surface area contributed by atoms with Crippen LogP contribution in [0, 0.1) is 5.92 Å². The second kappa shape index (κ2) is 8.69. The summed E-state index contributed by atoms with van der Waals surface area (Å²) in [6, 6.07) is 8.19. The van der Waals surface area contributed by atoms with Crippen molar-refractivity contribution in [2.75, 3.05) is 7.11 Å². The molecule has 1 aliphatic heterocycles. The number of carbonyl (C=O) groups excluding carboxylic acids is 2. The zero-order valence-corrected chi connectivity index (χ0v) is 20.2. The SMILES string of the molecule is COc1ccc2cc3n(c2c1)C[C@](C)(C(=O)NC1CCCCC1)N([C@H]1CCCC[C@@H]1C)C3=O. The maximum Gasteiger partial charge on any atom is 0.271 e. The lowest BCUT2D eigenvalue weighted by atomic mass is 9.80. The minimum atomic E-state index is -0.924. The van der Waals surface area contributed by atoms with Crippen LogP contribution in [0.2, 0.25) is 0 Å². The van der Waals surface area contributed by atoms with Crippen LogP contribution in [0.25, 0.3) is 10.9 Å². The lowest BCUT2D eigenvalue weighted by molar-refractivity contribution is -0.136. The van der Waals surface area contributed by atoms with E-state index in [1.807, 2.05) is 40.7 Å². The average Bonchev–Trinajstić information content (AvgIpc) is 3.18. The van der Waals surface area contributed by atoms with Gasteiger partial charge in [-0.05, 0) is 56.7 Å². The minimum Gasteiger partial charge on any atom is -0.497 e. The second-order valence-electron chi connectivity index (χ2n) is 10.6. The van der Waals surface area contributed by atoms with Crippen molar-refractivity contribution in [1.82, 2.24) is 14.8 Å². The number of hydrogen-bond acceptors (Lipinski definition) is 3. The molecule has 2 aromatic rings. The van der Waals surface area contributed by atoms with E-state index in [1.54, 1.807) is 7.11 Å². The molecule has 1 aromatic heterocycles. The Hall–Kier alpha value is -2.50. The quantitative estimate of drug-likeness (QED) is 0.720. The van der Waals surface area contributed by atoms with Crippen LogP contribution in [0.4, 0.5) is 0 Å². The fraction of sp³-hybridized carbons (Fsp3) is 0.630. The van der Waals surface area contributed by atoms with Crippen LogP contribution >= 0.6 is 0 Å². The number of ether oxygens (including phenoxy) is 1. The fourth-order valence-electron chi connectivity index (χ4n) is 6.41. The van der Waals surface area contributed by atoms with E-state index < -0.39 is 5.54 Å². The molecule has 5 rings (SSSR count). The highest BCUT2D eigenvalue weighted by Gasteiger charge is 2.51. The first-order chi connectivity index (χ1) is 15.9. The van der Waals surface area contributed by atoms with Crippen molar-refractivity contribution in [1.29, 1.82) is 0 Å². The summed E-state index contributed by atoms with van der Waals surface area (Å²) in [4.78, 5) is 30.0. The number of aromatic nitrogens is 1. The van der Waals surface area contributed by atoms with Crippen LogP contribution in [0.1, 0.15) is 82.1 Å². The predicted molar refractivity (Wildman–Crippen MR) is 130 cm³/mol. The van der Waals surface area contributed by atoms with Crippen molar-refractivity contribution in [3.05, 3.63) is 30.0 Å². The van der Waals surface area contributed by atoms with E-state index in [0.717, 1.165) is 61.6 Å². The highest BCUT2D eigenvalue weighted by Crippen LogP contribution is 2.40. The third kappa shape index (κ3) is 3.81. The molecule has 0 spiro atoms. The standard InChI is InChI=1S/C27H37N3O3/c1-18-9-7-8-12-22(18)30-25(31)24-15-19-13-14-21(33-3)16-23(19)29(24)17-27(30,2)26(32)28-20-10-5-4-6-11-20/h13-16,18,20,22H,4-12,17H2,1-3H3,(H,28,32)/t18-,22-,27+/m0/s1. The maximum atomic E-state index is 14.1. The van der Waals surface area contributed by atoms with E-state index >= 15 is 0 Å². The summed E-state index contributed by atoms with van der Waals surface area (Å²) in [7, 11) is 1.65. The van der Waals surface area contributed by atoms with Crippen molar-refractivity contribution in [3.8, 4) is 5.75 Å². The molecule has 2 saturated carbocycles. The van der Waals surface area contributed by atoms with Gasteiger partial charge in [-0.25, -0.2) is 0 Å². The highest BCUT2D eigenvalue weighted by atomic mass is 16.5. The van der Waals surface area contributed by atoms with Gasteiger partial charge < -0.3 is 19.5 Å². The van der Waals surface area contributed by atoms with Crippen molar-refractivity contribution < 1.29 is 14.3 Å². The summed E-state index contributed by atoms with van der Waals surface area (Å²) < 4.78 is 7.50. The second-order valence-corrected chi connectivity index (χ2v) is 10.6. The van der Waals surface area contributed by atoms with Crippen molar-refractivity contribution >= 4 is 22.7 Å². The Labute approximate surface area is 196 Å². The van der Waals surface area contributed by atoms with Gasteiger partial charge >= 0.3 is 0 Å². The predicted octanol–water partition coefficient (Wildman–Crippen LogP) is 4.89. The van der Waals surface area contributed by atoms with Gasteiger partial charge in [0, 0.05) is 23.5 Å². The molecule has 6 nitrogen and oxygen atoms in total. The molecule has 0 unspecified atom stereocenters. The minimum absolute atomic E-state index is 0.00378. The Morgan fingerprint density at radius 3 is 2.52 bits per heavy atom. The Bertz CT molecular complexity index is 1050. The number of methoxy groups -OCH3 is 1. The molecule has 2 aliphatic carbocycles. The Morgan fingerprint density at radius 1 is 1.06 bits per heavy atom. The third-order valence-corrected chi connectivity index (χ3v) is 8.37. The molecular weight excluding hydrogens is 414 g/mol. The number of nitrogens with zero attached hydrogens (tertiary/aromatic N) is 2. The van der Waals surface area contributed by atoms with Gasteiger partial charge in [0.2, 0.25) is 5.91 Å². The zero-order chi connectivity index (χ0) is 23.2. The van der Waals surface area contributed by atoms with Gasteiger partial charge in [0.1, 0.15) is 17.0 Å². The van der Waals surface area contributed by atoms with Gasteiger partial charge in [-0.3, -0.25) is 9.59 Å². The van der Waals surface area contributed by atoms with E-state index in [1.165, 1.54) is 12.8 Å². The van der Waals surface area contributed by atoms with Crippen LogP contribution < -0.4 is 10.1 Å². The molecular formula is C27H37N3O3. The molecule has 2 amide bonds. The largest absolute Gasteiger partial charge is 0.497 e. The highest BCUT2D eigenvalue weighted by molar-refractivity contribution is 6.04. The van der Waals surface area contributed by atoms with Gasteiger partial charge in [0.15, 0.2) is 0 Å². The smallest absolute Gasteiger partial charge is 0.271 e. The molecule has 2 fully saturated rings. The fourth-order valence-corrected chi connectivity index (χ4v) is 6.41. The molecule has 1 N–H and O–H groups in total. The first-order valence-electron chi connectivity index (χ1n) is 12.7. The molecule has 3 aliphatic rings. The molecule has 2 heterocycles. The molecule has 178 valence electrons. The molecule has 6 heteroatoms. The topological polar surface area (TPSA) is 63.6 Å². The molecule has 0 radical (unpaired) electrons. The van der Waals surface area contributed by atoms with E-state index in [2.05, 4.69) is 12.2 Å². The van der Waals surface area contributed by atoms with E-state index in [4.69, 9.17) is 4.74 Å². The summed E-state index contributed by atoms with van der Waals surface area (Å²) >= 11 is 0. The summed E-state index contributed by atoms with van der Waals surface area (Å²) in [6.45, 7) is 4.69. The van der Waals surface area contributed by atoms with Crippen LogP contribution in [0.3, 0.4) is 0 Å². The van der Waals surface area contributed by atoms with Gasteiger partial charge in [-0.1, -0.05) is 39.0 Å². The Morgan fingerprint density at radius 2 is 1.79 bits per heavy atom.